The number of aryl methyl sites for hydroxylation is 3. The van der Waals surface area contributed by atoms with Gasteiger partial charge in [0, 0.05) is 9.58 Å². The Morgan fingerprint density at radius 1 is 1.00 bits per heavy atom. The molecule has 3 aromatic rings. The number of thiophene rings is 1. The average molecular weight is 319 g/mol. The zero-order valence-electron chi connectivity index (χ0n) is 12.2. The SMILES string of the molecule is Cc1cc(C)c(C(Cl)c2cc3ccc(F)cc3s2)c(C)c1. The van der Waals surface area contributed by atoms with E-state index in [1.165, 1.54) is 22.8 Å². The molecule has 108 valence electrons. The summed E-state index contributed by atoms with van der Waals surface area (Å²) < 4.78 is 14.3. The first kappa shape index (κ1) is 14.6. The number of hydrogen-bond donors (Lipinski definition) is 0. The molecule has 0 nitrogen and oxygen atoms in total. The summed E-state index contributed by atoms with van der Waals surface area (Å²) in [4.78, 5) is 1.06. The van der Waals surface area contributed by atoms with E-state index < -0.39 is 0 Å². The summed E-state index contributed by atoms with van der Waals surface area (Å²) in [6, 6.07) is 11.3. The third-order valence-corrected chi connectivity index (χ3v) is 5.49. The van der Waals surface area contributed by atoms with Gasteiger partial charge in [-0.1, -0.05) is 23.8 Å². The van der Waals surface area contributed by atoms with E-state index in [-0.39, 0.29) is 11.2 Å². The lowest BCUT2D eigenvalue weighted by atomic mass is 9.96. The van der Waals surface area contributed by atoms with Crippen LogP contribution in [-0.2, 0) is 0 Å². The zero-order chi connectivity index (χ0) is 15.1. The Hall–Kier alpha value is -1.38. The zero-order valence-corrected chi connectivity index (χ0v) is 13.8. The monoisotopic (exact) mass is 318 g/mol. The summed E-state index contributed by atoms with van der Waals surface area (Å²) in [6.07, 6.45) is 0. The van der Waals surface area contributed by atoms with Gasteiger partial charge in [-0.25, -0.2) is 4.39 Å². The quantitative estimate of drug-likeness (QED) is 0.487. The fourth-order valence-corrected chi connectivity index (χ4v) is 4.50. The summed E-state index contributed by atoms with van der Waals surface area (Å²) in [6.45, 7) is 6.28. The van der Waals surface area contributed by atoms with Crippen molar-refractivity contribution in [2.24, 2.45) is 0 Å². The van der Waals surface area contributed by atoms with Crippen LogP contribution in [0.15, 0.2) is 36.4 Å². The molecule has 0 saturated heterocycles. The first-order valence-corrected chi connectivity index (χ1v) is 8.12. The van der Waals surface area contributed by atoms with E-state index in [1.807, 2.05) is 6.07 Å². The van der Waals surface area contributed by atoms with Crippen molar-refractivity contribution in [2.75, 3.05) is 0 Å². The summed E-state index contributed by atoms with van der Waals surface area (Å²) >= 11 is 8.29. The molecule has 0 aliphatic rings. The first-order chi connectivity index (χ1) is 9.95. The van der Waals surface area contributed by atoms with E-state index >= 15 is 0 Å². The van der Waals surface area contributed by atoms with Gasteiger partial charge >= 0.3 is 0 Å². The lowest BCUT2D eigenvalue weighted by Crippen LogP contribution is -1.98. The van der Waals surface area contributed by atoms with E-state index in [9.17, 15) is 4.39 Å². The molecule has 3 heteroatoms. The molecule has 0 aliphatic heterocycles. The largest absolute Gasteiger partial charge is 0.207 e. The normalized spacial score (nSPS) is 12.8. The van der Waals surface area contributed by atoms with Gasteiger partial charge in [0.2, 0.25) is 0 Å². The van der Waals surface area contributed by atoms with Gasteiger partial charge in [0.05, 0.1) is 5.38 Å². The summed E-state index contributed by atoms with van der Waals surface area (Å²) in [5.41, 5.74) is 4.82. The third-order valence-electron chi connectivity index (χ3n) is 3.74. The van der Waals surface area contributed by atoms with Crippen molar-refractivity contribution in [2.45, 2.75) is 26.1 Å². The maximum absolute atomic E-state index is 13.3. The molecular formula is C18H16ClFS. The molecule has 0 aliphatic carbocycles. The highest BCUT2D eigenvalue weighted by molar-refractivity contribution is 7.19. The molecule has 21 heavy (non-hydrogen) atoms. The van der Waals surface area contributed by atoms with Gasteiger partial charge in [0.25, 0.3) is 0 Å². The maximum Gasteiger partial charge on any atom is 0.124 e. The number of rotatable bonds is 2. The molecular weight excluding hydrogens is 303 g/mol. The number of hydrogen-bond acceptors (Lipinski definition) is 1. The average Bonchev–Trinajstić information content (AvgIpc) is 2.80. The van der Waals surface area contributed by atoms with Crippen molar-refractivity contribution in [3.63, 3.8) is 0 Å². The van der Waals surface area contributed by atoms with Crippen molar-refractivity contribution in [1.29, 1.82) is 0 Å². The van der Waals surface area contributed by atoms with Crippen LogP contribution < -0.4 is 0 Å². The number of alkyl halides is 1. The van der Waals surface area contributed by atoms with Crippen LogP contribution >= 0.6 is 22.9 Å². The van der Waals surface area contributed by atoms with Crippen LogP contribution in [0.5, 0.6) is 0 Å². The molecule has 1 aromatic heterocycles. The van der Waals surface area contributed by atoms with Crippen molar-refractivity contribution in [3.05, 3.63) is 69.3 Å². The van der Waals surface area contributed by atoms with Crippen LogP contribution in [0.2, 0.25) is 0 Å². The number of benzene rings is 2. The van der Waals surface area contributed by atoms with E-state index in [1.54, 1.807) is 17.4 Å². The predicted octanol–water partition coefficient (Wildman–Crippen LogP) is 6.29. The van der Waals surface area contributed by atoms with Gasteiger partial charge in [-0.15, -0.1) is 22.9 Å². The molecule has 0 saturated carbocycles. The minimum Gasteiger partial charge on any atom is -0.207 e. The van der Waals surface area contributed by atoms with E-state index in [0.717, 1.165) is 20.5 Å². The van der Waals surface area contributed by atoms with Crippen LogP contribution in [0.4, 0.5) is 4.39 Å². The van der Waals surface area contributed by atoms with Gasteiger partial charge in [-0.3, -0.25) is 0 Å². The Kier molecular flexibility index (Phi) is 3.76. The highest BCUT2D eigenvalue weighted by Gasteiger charge is 2.18. The van der Waals surface area contributed by atoms with Crippen molar-refractivity contribution >= 4 is 33.0 Å². The van der Waals surface area contributed by atoms with E-state index in [2.05, 4.69) is 39.0 Å². The topological polar surface area (TPSA) is 0 Å². The van der Waals surface area contributed by atoms with Crippen molar-refractivity contribution in [1.82, 2.24) is 0 Å². The summed E-state index contributed by atoms with van der Waals surface area (Å²) in [5, 5.41) is 0.857. The van der Waals surface area contributed by atoms with Crippen LogP contribution in [0.1, 0.15) is 32.5 Å². The molecule has 0 spiro atoms. The van der Waals surface area contributed by atoms with Gasteiger partial charge < -0.3 is 0 Å². The van der Waals surface area contributed by atoms with Crippen molar-refractivity contribution < 1.29 is 4.39 Å². The van der Waals surface area contributed by atoms with Gasteiger partial charge in [-0.2, -0.15) is 0 Å². The summed E-state index contributed by atoms with van der Waals surface area (Å²) in [7, 11) is 0. The summed E-state index contributed by atoms with van der Waals surface area (Å²) in [5.74, 6) is -0.204. The third kappa shape index (κ3) is 2.70. The van der Waals surface area contributed by atoms with Gasteiger partial charge in [0.1, 0.15) is 5.82 Å². The fraction of sp³-hybridized carbons (Fsp3) is 0.222. The molecule has 1 atom stereocenters. The first-order valence-electron chi connectivity index (χ1n) is 6.86. The molecule has 2 aromatic carbocycles. The molecule has 0 amide bonds. The second-order valence-corrected chi connectivity index (χ2v) is 7.06. The molecule has 0 N–H and O–H groups in total. The van der Waals surface area contributed by atoms with Crippen LogP contribution in [0.25, 0.3) is 10.1 Å². The highest BCUT2D eigenvalue weighted by Crippen LogP contribution is 2.39. The molecule has 0 bridgehead atoms. The lowest BCUT2D eigenvalue weighted by Gasteiger charge is -2.15. The Bertz CT molecular complexity index is 796. The standard InChI is InChI=1S/C18H16ClFS/c1-10-6-11(2)17(12(3)7-10)18(19)16-8-13-4-5-14(20)9-15(13)21-16/h4-9,18H,1-3H3. The molecule has 3 rings (SSSR count). The van der Waals surface area contributed by atoms with Crippen LogP contribution in [-0.4, -0.2) is 0 Å². The van der Waals surface area contributed by atoms with Gasteiger partial charge in [-0.05, 0) is 61.0 Å². The molecule has 1 heterocycles. The van der Waals surface area contributed by atoms with Crippen molar-refractivity contribution in [3.8, 4) is 0 Å². The Morgan fingerprint density at radius 2 is 1.67 bits per heavy atom. The number of halogens is 2. The Morgan fingerprint density at radius 3 is 2.33 bits per heavy atom. The molecule has 1 unspecified atom stereocenters. The van der Waals surface area contributed by atoms with Crippen LogP contribution in [0.3, 0.4) is 0 Å². The van der Waals surface area contributed by atoms with Gasteiger partial charge in [0.15, 0.2) is 0 Å². The number of fused-ring (bicyclic) bond motifs is 1. The smallest absolute Gasteiger partial charge is 0.124 e. The maximum atomic E-state index is 13.3. The second-order valence-electron chi connectivity index (χ2n) is 5.51. The molecule has 0 radical (unpaired) electrons. The minimum absolute atomic E-state index is 0.189. The van der Waals surface area contributed by atoms with E-state index in [0.29, 0.717) is 0 Å². The Balaban J connectivity index is 2.10. The predicted molar refractivity (Wildman–Crippen MR) is 90.1 cm³/mol. The minimum atomic E-state index is -0.204. The van der Waals surface area contributed by atoms with Crippen LogP contribution in [0, 0.1) is 26.6 Å². The fourth-order valence-electron chi connectivity index (χ4n) is 2.88. The second kappa shape index (κ2) is 5.43. The van der Waals surface area contributed by atoms with E-state index in [4.69, 9.17) is 11.6 Å². The lowest BCUT2D eigenvalue weighted by molar-refractivity contribution is 0.630. The molecule has 0 fully saturated rings. The Labute approximate surface area is 133 Å². The highest BCUT2D eigenvalue weighted by atomic mass is 35.5.